The Morgan fingerprint density at radius 3 is 2.46 bits per heavy atom. The van der Waals surface area contributed by atoms with Crippen LogP contribution in [0.2, 0.25) is 0 Å². The second-order valence-electron chi connectivity index (χ2n) is 5.72. The Kier molecular flexibility index (Phi) is 6.53. The summed E-state index contributed by atoms with van der Waals surface area (Å²) in [6.45, 7) is -0.328. The molecule has 0 bridgehead atoms. The van der Waals surface area contributed by atoms with Gasteiger partial charge in [-0.25, -0.2) is 13.1 Å². The number of carboxylic acids is 1. The molecule has 2 rings (SSSR count). The number of carboxylic acid groups (broad SMARTS) is 1. The SMILES string of the molecule is CS(=O)(=O)NCc1ccc(C(=O)N(CCc2ccccc2)CC(=O)O)o1. The van der Waals surface area contributed by atoms with Gasteiger partial charge < -0.3 is 14.4 Å². The number of hydrogen-bond donors (Lipinski definition) is 2. The minimum absolute atomic E-state index is 0.0374. The van der Waals surface area contributed by atoms with Gasteiger partial charge in [-0.05, 0) is 24.1 Å². The molecule has 1 heterocycles. The van der Waals surface area contributed by atoms with Crippen LogP contribution in [0, 0.1) is 0 Å². The number of hydrogen-bond acceptors (Lipinski definition) is 5. The van der Waals surface area contributed by atoms with Gasteiger partial charge in [-0.1, -0.05) is 30.3 Å². The first kappa shape index (κ1) is 19.7. The van der Waals surface area contributed by atoms with Crippen LogP contribution in [-0.2, 0) is 27.8 Å². The number of aliphatic carboxylic acids is 1. The fourth-order valence-electron chi connectivity index (χ4n) is 2.27. The first-order valence-electron chi connectivity index (χ1n) is 7.83. The molecule has 0 saturated heterocycles. The van der Waals surface area contributed by atoms with Crippen molar-refractivity contribution in [2.45, 2.75) is 13.0 Å². The van der Waals surface area contributed by atoms with E-state index in [1.165, 1.54) is 17.0 Å². The summed E-state index contributed by atoms with van der Waals surface area (Å²) in [5.74, 6) is -1.47. The average Bonchev–Trinajstić information content (AvgIpc) is 3.05. The summed E-state index contributed by atoms with van der Waals surface area (Å²) in [6, 6.07) is 12.3. The first-order chi connectivity index (χ1) is 12.2. The molecule has 1 aromatic carbocycles. The largest absolute Gasteiger partial charge is 0.480 e. The lowest BCUT2D eigenvalue weighted by Crippen LogP contribution is -2.37. The summed E-state index contributed by atoms with van der Waals surface area (Å²) in [5, 5.41) is 9.05. The second kappa shape index (κ2) is 8.63. The number of carbonyl (C=O) groups excluding carboxylic acids is 1. The second-order valence-corrected chi connectivity index (χ2v) is 7.55. The van der Waals surface area contributed by atoms with Crippen LogP contribution in [0.25, 0.3) is 0 Å². The summed E-state index contributed by atoms with van der Waals surface area (Å²) in [4.78, 5) is 24.8. The monoisotopic (exact) mass is 380 g/mol. The van der Waals surface area contributed by atoms with Gasteiger partial charge in [-0.15, -0.1) is 0 Å². The molecule has 0 unspecified atom stereocenters. The number of amides is 1. The van der Waals surface area contributed by atoms with E-state index in [2.05, 4.69) is 4.72 Å². The van der Waals surface area contributed by atoms with Gasteiger partial charge in [-0.3, -0.25) is 9.59 Å². The van der Waals surface area contributed by atoms with Crippen LogP contribution < -0.4 is 4.72 Å². The van der Waals surface area contributed by atoms with E-state index in [9.17, 15) is 18.0 Å². The van der Waals surface area contributed by atoms with E-state index in [4.69, 9.17) is 9.52 Å². The Morgan fingerprint density at radius 1 is 1.15 bits per heavy atom. The zero-order chi connectivity index (χ0) is 19.2. The highest BCUT2D eigenvalue weighted by atomic mass is 32.2. The van der Waals surface area contributed by atoms with Crippen LogP contribution in [0.5, 0.6) is 0 Å². The standard InChI is InChI=1S/C17H20N2O6S/c1-26(23,24)18-11-14-7-8-15(25-14)17(22)19(12-16(20)21)10-9-13-5-3-2-4-6-13/h2-8,18H,9-12H2,1H3,(H,20,21). The summed E-state index contributed by atoms with van der Waals surface area (Å²) in [7, 11) is -3.39. The fraction of sp³-hybridized carbons (Fsp3) is 0.294. The molecular weight excluding hydrogens is 360 g/mol. The van der Waals surface area contributed by atoms with Crippen molar-refractivity contribution in [3.8, 4) is 0 Å². The lowest BCUT2D eigenvalue weighted by molar-refractivity contribution is -0.137. The smallest absolute Gasteiger partial charge is 0.323 e. The van der Waals surface area contributed by atoms with E-state index in [1.54, 1.807) is 0 Å². The Balaban J connectivity index is 2.06. The minimum Gasteiger partial charge on any atom is -0.480 e. The van der Waals surface area contributed by atoms with Crippen molar-refractivity contribution in [2.75, 3.05) is 19.3 Å². The summed E-state index contributed by atoms with van der Waals surface area (Å²) in [6.07, 6.45) is 1.52. The molecule has 0 aliphatic carbocycles. The maximum atomic E-state index is 12.5. The van der Waals surface area contributed by atoms with Crippen LogP contribution in [0.15, 0.2) is 46.9 Å². The van der Waals surface area contributed by atoms with E-state index < -0.39 is 28.4 Å². The Hall–Kier alpha value is -2.65. The Bertz CT molecular complexity index is 860. The minimum atomic E-state index is -3.39. The molecule has 0 atom stereocenters. The van der Waals surface area contributed by atoms with Crippen LogP contribution in [0.3, 0.4) is 0 Å². The molecule has 2 aromatic rings. The van der Waals surface area contributed by atoms with Gasteiger partial charge in [-0.2, -0.15) is 0 Å². The predicted molar refractivity (Wildman–Crippen MR) is 94.1 cm³/mol. The van der Waals surface area contributed by atoms with E-state index in [0.717, 1.165) is 11.8 Å². The normalized spacial score (nSPS) is 11.3. The van der Waals surface area contributed by atoms with Crippen molar-refractivity contribution in [1.82, 2.24) is 9.62 Å². The third-order valence-electron chi connectivity index (χ3n) is 3.51. The molecule has 8 nitrogen and oxygen atoms in total. The maximum Gasteiger partial charge on any atom is 0.323 e. The van der Waals surface area contributed by atoms with Crippen molar-refractivity contribution in [2.24, 2.45) is 0 Å². The number of nitrogens with one attached hydrogen (secondary N) is 1. The summed E-state index contributed by atoms with van der Waals surface area (Å²) >= 11 is 0. The average molecular weight is 380 g/mol. The number of nitrogens with zero attached hydrogens (tertiary/aromatic N) is 1. The van der Waals surface area contributed by atoms with E-state index >= 15 is 0 Å². The predicted octanol–water partition coefficient (Wildman–Crippen LogP) is 1.10. The van der Waals surface area contributed by atoms with Gasteiger partial charge in [0.2, 0.25) is 10.0 Å². The van der Waals surface area contributed by atoms with E-state index in [1.807, 2.05) is 30.3 Å². The van der Waals surface area contributed by atoms with Gasteiger partial charge in [0, 0.05) is 6.54 Å². The molecular formula is C17H20N2O6S. The number of carbonyl (C=O) groups is 2. The van der Waals surface area contributed by atoms with Crippen LogP contribution in [0.4, 0.5) is 0 Å². The third-order valence-corrected chi connectivity index (χ3v) is 4.18. The van der Waals surface area contributed by atoms with Crippen molar-refractivity contribution in [3.63, 3.8) is 0 Å². The lowest BCUT2D eigenvalue weighted by atomic mass is 10.1. The number of rotatable bonds is 9. The lowest BCUT2D eigenvalue weighted by Gasteiger charge is -2.19. The van der Waals surface area contributed by atoms with Crippen molar-refractivity contribution in [1.29, 1.82) is 0 Å². The molecule has 2 N–H and O–H groups in total. The molecule has 0 aliphatic rings. The van der Waals surface area contributed by atoms with Gasteiger partial charge >= 0.3 is 5.97 Å². The van der Waals surface area contributed by atoms with Crippen LogP contribution in [-0.4, -0.2) is 49.6 Å². The molecule has 26 heavy (non-hydrogen) atoms. The van der Waals surface area contributed by atoms with Crippen LogP contribution >= 0.6 is 0 Å². The number of benzene rings is 1. The van der Waals surface area contributed by atoms with Crippen molar-refractivity contribution < 1.29 is 27.5 Å². The summed E-state index contributed by atoms with van der Waals surface area (Å²) < 4.78 is 29.8. The quantitative estimate of drug-likeness (QED) is 0.673. The highest BCUT2D eigenvalue weighted by Gasteiger charge is 2.21. The van der Waals surface area contributed by atoms with E-state index in [0.29, 0.717) is 6.42 Å². The van der Waals surface area contributed by atoms with E-state index in [-0.39, 0.29) is 24.6 Å². The molecule has 0 saturated carbocycles. The van der Waals surface area contributed by atoms with Gasteiger partial charge in [0.15, 0.2) is 5.76 Å². The molecule has 0 fully saturated rings. The van der Waals surface area contributed by atoms with Gasteiger partial charge in [0.25, 0.3) is 5.91 Å². The summed E-state index contributed by atoms with van der Waals surface area (Å²) in [5.41, 5.74) is 0.980. The molecule has 0 radical (unpaired) electrons. The molecule has 1 amide bonds. The van der Waals surface area contributed by atoms with Gasteiger partial charge in [0.05, 0.1) is 12.8 Å². The van der Waals surface area contributed by atoms with Crippen LogP contribution in [0.1, 0.15) is 21.9 Å². The highest BCUT2D eigenvalue weighted by Crippen LogP contribution is 2.12. The number of sulfonamides is 1. The number of furan rings is 1. The Morgan fingerprint density at radius 2 is 1.85 bits per heavy atom. The third kappa shape index (κ3) is 6.34. The molecule has 0 spiro atoms. The zero-order valence-corrected chi connectivity index (χ0v) is 15.0. The molecule has 1 aromatic heterocycles. The molecule has 140 valence electrons. The fourth-order valence-corrected chi connectivity index (χ4v) is 2.67. The Labute approximate surface area is 151 Å². The van der Waals surface area contributed by atoms with Crippen molar-refractivity contribution >= 4 is 21.9 Å². The maximum absolute atomic E-state index is 12.5. The topological polar surface area (TPSA) is 117 Å². The first-order valence-corrected chi connectivity index (χ1v) is 9.72. The molecule has 0 aliphatic heterocycles. The zero-order valence-electron chi connectivity index (χ0n) is 14.2. The highest BCUT2D eigenvalue weighted by molar-refractivity contribution is 7.88. The van der Waals surface area contributed by atoms with Gasteiger partial charge in [0.1, 0.15) is 12.3 Å². The van der Waals surface area contributed by atoms with Crippen molar-refractivity contribution in [3.05, 3.63) is 59.5 Å². The molecule has 9 heteroatoms.